The second kappa shape index (κ2) is 7.47. The Kier molecular flexibility index (Phi) is 6.25. The topological polar surface area (TPSA) is 75.6 Å². The fraction of sp³-hybridized carbons (Fsp3) is 0.833. The van der Waals surface area contributed by atoms with E-state index < -0.39 is 36.5 Å². The first-order valence-electron chi connectivity index (χ1n) is 6.46. The van der Waals surface area contributed by atoms with E-state index in [0.717, 1.165) is 12.8 Å². The van der Waals surface area contributed by atoms with Gasteiger partial charge in [-0.05, 0) is 12.8 Å². The highest BCUT2D eigenvalue weighted by Gasteiger charge is 2.35. The minimum absolute atomic E-state index is 0.0578. The monoisotopic (exact) mass is 297 g/mol. The van der Waals surface area contributed by atoms with Crippen molar-refractivity contribution >= 4 is 11.9 Å². The van der Waals surface area contributed by atoms with Gasteiger partial charge >= 0.3 is 12.1 Å². The Labute approximate surface area is 114 Å². The maximum Gasteiger partial charge on any atom is 0.411 e. The largest absolute Gasteiger partial charge is 0.481 e. The van der Waals surface area contributed by atoms with Crippen LogP contribution in [0.5, 0.6) is 0 Å². The number of carboxylic acids is 1. The molecule has 2 unspecified atom stereocenters. The molecule has 0 aromatic heterocycles. The molecule has 0 bridgehead atoms. The summed E-state index contributed by atoms with van der Waals surface area (Å²) in [5.74, 6) is -2.74. The Morgan fingerprint density at radius 1 is 1.20 bits per heavy atom. The number of hydrogen-bond donors (Lipinski definition) is 2. The first kappa shape index (κ1) is 16.7. The van der Waals surface area contributed by atoms with Crippen molar-refractivity contribution in [3.05, 3.63) is 0 Å². The van der Waals surface area contributed by atoms with E-state index in [1.165, 1.54) is 0 Å². The van der Waals surface area contributed by atoms with E-state index in [2.05, 4.69) is 10.1 Å². The third-order valence-corrected chi connectivity index (χ3v) is 3.23. The lowest BCUT2D eigenvalue weighted by atomic mass is 9.79. The molecule has 0 aromatic carbocycles. The zero-order valence-corrected chi connectivity index (χ0v) is 10.9. The molecule has 1 fully saturated rings. The summed E-state index contributed by atoms with van der Waals surface area (Å²) in [4.78, 5) is 22.8. The van der Waals surface area contributed by atoms with Gasteiger partial charge in [-0.25, -0.2) is 0 Å². The van der Waals surface area contributed by atoms with Gasteiger partial charge in [0.15, 0.2) is 0 Å². The Morgan fingerprint density at radius 3 is 2.35 bits per heavy atom. The Hall–Kier alpha value is -1.31. The summed E-state index contributed by atoms with van der Waals surface area (Å²) in [6.45, 7) is -1.67. The summed E-state index contributed by atoms with van der Waals surface area (Å²) in [5, 5.41) is 11.5. The predicted octanol–water partition coefficient (Wildman–Crippen LogP) is 1.57. The molecule has 0 aromatic rings. The van der Waals surface area contributed by atoms with Crippen molar-refractivity contribution in [2.75, 3.05) is 19.8 Å². The smallest absolute Gasteiger partial charge is 0.411 e. The molecule has 1 rings (SSSR count). The molecule has 0 aliphatic heterocycles. The molecular formula is C12H18F3NO4. The zero-order valence-electron chi connectivity index (χ0n) is 10.9. The first-order valence-corrected chi connectivity index (χ1v) is 6.46. The second-order valence-electron chi connectivity index (χ2n) is 4.79. The van der Waals surface area contributed by atoms with Crippen molar-refractivity contribution in [2.24, 2.45) is 11.8 Å². The van der Waals surface area contributed by atoms with E-state index in [0.29, 0.717) is 12.8 Å². The van der Waals surface area contributed by atoms with Crippen LogP contribution in [-0.4, -0.2) is 42.9 Å². The lowest BCUT2D eigenvalue weighted by Crippen LogP contribution is -2.41. The van der Waals surface area contributed by atoms with Crippen molar-refractivity contribution in [2.45, 2.75) is 31.9 Å². The van der Waals surface area contributed by atoms with Gasteiger partial charge in [-0.3, -0.25) is 9.59 Å². The van der Waals surface area contributed by atoms with Crippen LogP contribution in [0.1, 0.15) is 25.7 Å². The van der Waals surface area contributed by atoms with Crippen molar-refractivity contribution in [3.63, 3.8) is 0 Å². The average molecular weight is 297 g/mol. The standard InChI is InChI=1S/C12H18F3NO4/c13-12(14,15)7-20-6-5-16-10(17)8-3-1-2-4-9(8)11(18)19/h8-9H,1-7H2,(H,16,17)(H,18,19). The van der Waals surface area contributed by atoms with Crippen LogP contribution in [-0.2, 0) is 14.3 Å². The number of carboxylic acid groups (broad SMARTS) is 1. The highest BCUT2D eigenvalue weighted by molar-refractivity contribution is 5.84. The van der Waals surface area contributed by atoms with E-state index in [9.17, 15) is 22.8 Å². The molecule has 116 valence electrons. The predicted molar refractivity (Wildman–Crippen MR) is 63.0 cm³/mol. The molecule has 8 heteroatoms. The number of carbonyl (C=O) groups is 2. The summed E-state index contributed by atoms with van der Waals surface area (Å²) in [5.41, 5.74) is 0. The number of alkyl halides is 3. The SMILES string of the molecule is O=C(O)C1CCCCC1C(=O)NCCOCC(F)(F)F. The lowest BCUT2D eigenvalue weighted by molar-refractivity contribution is -0.173. The number of carbonyl (C=O) groups excluding carboxylic acids is 1. The van der Waals surface area contributed by atoms with Gasteiger partial charge in [0.05, 0.1) is 18.4 Å². The number of rotatable bonds is 6. The molecular weight excluding hydrogens is 279 g/mol. The molecule has 0 radical (unpaired) electrons. The van der Waals surface area contributed by atoms with Gasteiger partial charge in [0, 0.05) is 6.54 Å². The molecule has 5 nitrogen and oxygen atoms in total. The van der Waals surface area contributed by atoms with Crippen LogP contribution in [0.2, 0.25) is 0 Å². The highest BCUT2D eigenvalue weighted by Crippen LogP contribution is 2.30. The maximum absolute atomic E-state index is 11.8. The summed E-state index contributed by atoms with van der Waals surface area (Å²) >= 11 is 0. The van der Waals surface area contributed by atoms with E-state index in [1.54, 1.807) is 0 Å². The fourth-order valence-electron chi connectivity index (χ4n) is 2.31. The number of aliphatic carboxylic acids is 1. The Bertz CT molecular complexity index is 346. The molecule has 20 heavy (non-hydrogen) atoms. The molecule has 1 aliphatic carbocycles. The van der Waals surface area contributed by atoms with Crippen LogP contribution in [0.3, 0.4) is 0 Å². The molecule has 0 heterocycles. The van der Waals surface area contributed by atoms with Crippen LogP contribution >= 0.6 is 0 Å². The third-order valence-electron chi connectivity index (χ3n) is 3.23. The van der Waals surface area contributed by atoms with Crippen molar-refractivity contribution in [1.82, 2.24) is 5.32 Å². The number of halogens is 3. The van der Waals surface area contributed by atoms with Crippen LogP contribution in [0.25, 0.3) is 0 Å². The lowest BCUT2D eigenvalue weighted by Gasteiger charge is -2.27. The third kappa shape index (κ3) is 5.77. The molecule has 1 amide bonds. The van der Waals surface area contributed by atoms with Gasteiger partial charge in [-0.2, -0.15) is 13.2 Å². The van der Waals surface area contributed by atoms with Crippen LogP contribution in [0, 0.1) is 11.8 Å². The fourth-order valence-corrected chi connectivity index (χ4v) is 2.31. The second-order valence-corrected chi connectivity index (χ2v) is 4.79. The average Bonchev–Trinajstić information content (AvgIpc) is 2.36. The molecule has 1 saturated carbocycles. The minimum Gasteiger partial charge on any atom is -0.481 e. The van der Waals surface area contributed by atoms with Crippen LogP contribution in [0.4, 0.5) is 13.2 Å². The van der Waals surface area contributed by atoms with Crippen LogP contribution in [0.15, 0.2) is 0 Å². The van der Waals surface area contributed by atoms with E-state index in [-0.39, 0.29) is 13.2 Å². The van der Waals surface area contributed by atoms with Gasteiger partial charge in [-0.15, -0.1) is 0 Å². The number of ether oxygens (including phenoxy) is 1. The molecule has 2 atom stereocenters. The maximum atomic E-state index is 11.8. The van der Waals surface area contributed by atoms with Gasteiger partial charge < -0.3 is 15.2 Å². The first-order chi connectivity index (χ1) is 9.31. The van der Waals surface area contributed by atoms with E-state index in [4.69, 9.17) is 5.11 Å². The molecule has 0 saturated heterocycles. The minimum atomic E-state index is -4.39. The summed E-state index contributed by atoms with van der Waals surface area (Å²) in [6, 6.07) is 0. The molecule has 0 spiro atoms. The van der Waals surface area contributed by atoms with E-state index in [1.807, 2.05) is 0 Å². The quantitative estimate of drug-likeness (QED) is 0.730. The van der Waals surface area contributed by atoms with Crippen molar-refractivity contribution < 1.29 is 32.6 Å². The van der Waals surface area contributed by atoms with Crippen molar-refractivity contribution in [3.8, 4) is 0 Å². The van der Waals surface area contributed by atoms with Crippen molar-refractivity contribution in [1.29, 1.82) is 0 Å². The number of hydrogen-bond acceptors (Lipinski definition) is 3. The van der Waals surface area contributed by atoms with Gasteiger partial charge in [0.25, 0.3) is 0 Å². The number of amides is 1. The summed E-state index contributed by atoms with van der Waals surface area (Å²) < 4.78 is 39.7. The molecule has 1 aliphatic rings. The normalized spacial score (nSPS) is 23.4. The Balaban J connectivity index is 2.29. The summed E-state index contributed by atoms with van der Waals surface area (Å²) in [6.07, 6.45) is -1.88. The van der Waals surface area contributed by atoms with Gasteiger partial charge in [-0.1, -0.05) is 12.8 Å². The van der Waals surface area contributed by atoms with Crippen LogP contribution < -0.4 is 5.32 Å². The van der Waals surface area contributed by atoms with Gasteiger partial charge in [0.2, 0.25) is 5.91 Å². The number of nitrogens with one attached hydrogen (secondary N) is 1. The highest BCUT2D eigenvalue weighted by atomic mass is 19.4. The zero-order chi connectivity index (χ0) is 15.2. The molecule has 2 N–H and O–H groups in total. The summed E-state index contributed by atoms with van der Waals surface area (Å²) in [7, 11) is 0. The van der Waals surface area contributed by atoms with E-state index >= 15 is 0 Å². The Morgan fingerprint density at radius 2 is 1.80 bits per heavy atom. The van der Waals surface area contributed by atoms with Gasteiger partial charge in [0.1, 0.15) is 6.61 Å².